The van der Waals surface area contributed by atoms with Crippen molar-refractivity contribution in [3.8, 4) is 5.75 Å². The number of anilines is 1. The van der Waals surface area contributed by atoms with Crippen LogP contribution in [-0.4, -0.2) is 41.5 Å². The van der Waals surface area contributed by atoms with E-state index in [0.29, 0.717) is 23.1 Å². The summed E-state index contributed by atoms with van der Waals surface area (Å²) in [6.07, 6.45) is 0.245. The smallest absolute Gasteiger partial charge is 0.412 e. The van der Waals surface area contributed by atoms with Crippen LogP contribution in [0.1, 0.15) is 56.5 Å². The highest BCUT2D eigenvalue weighted by Crippen LogP contribution is 2.26. The maximum absolute atomic E-state index is 12.8. The summed E-state index contributed by atoms with van der Waals surface area (Å²) in [6, 6.07) is 10.8. The Kier molecular flexibility index (Phi) is 10.4. The zero-order chi connectivity index (χ0) is 26.0. The third kappa shape index (κ3) is 9.84. The van der Waals surface area contributed by atoms with Crippen molar-refractivity contribution in [3.05, 3.63) is 58.6 Å². The van der Waals surface area contributed by atoms with Crippen LogP contribution in [0.5, 0.6) is 5.75 Å². The van der Waals surface area contributed by atoms with E-state index in [-0.39, 0.29) is 18.4 Å². The molecule has 2 rings (SSSR count). The third-order valence-corrected chi connectivity index (χ3v) is 4.88. The predicted molar refractivity (Wildman–Crippen MR) is 132 cm³/mol. The van der Waals surface area contributed by atoms with E-state index in [2.05, 4.69) is 15.5 Å². The maximum Gasteiger partial charge on any atom is 0.412 e. The van der Waals surface area contributed by atoms with Crippen molar-refractivity contribution >= 4 is 35.3 Å². The van der Waals surface area contributed by atoms with E-state index in [9.17, 15) is 14.4 Å². The Balaban J connectivity index is 2.07. The van der Waals surface area contributed by atoms with E-state index in [1.807, 2.05) is 6.92 Å². The molecule has 2 aromatic rings. The fraction of sp³-hybridized carbons (Fsp3) is 0.400. The van der Waals surface area contributed by atoms with E-state index >= 15 is 0 Å². The molecule has 9 nitrogen and oxygen atoms in total. The van der Waals surface area contributed by atoms with E-state index in [4.69, 9.17) is 26.3 Å². The van der Waals surface area contributed by atoms with Crippen LogP contribution in [0.3, 0.4) is 0 Å². The van der Waals surface area contributed by atoms with Gasteiger partial charge < -0.3 is 19.7 Å². The Bertz CT molecular complexity index is 1020. The summed E-state index contributed by atoms with van der Waals surface area (Å²) in [7, 11) is 0. The van der Waals surface area contributed by atoms with Gasteiger partial charge >= 0.3 is 12.1 Å². The number of nitrogens with one attached hydrogen (secondary N) is 2. The summed E-state index contributed by atoms with van der Waals surface area (Å²) in [5.74, 6) is -0.863. The molecule has 0 heterocycles. The molecule has 0 unspecified atom stereocenters. The first-order chi connectivity index (χ1) is 16.5. The molecule has 190 valence electrons. The first-order valence-electron chi connectivity index (χ1n) is 11.2. The largest absolute Gasteiger partial charge is 0.492 e. The minimum atomic E-state index is -0.889. The van der Waals surface area contributed by atoms with E-state index in [0.717, 1.165) is 12.0 Å². The minimum Gasteiger partial charge on any atom is -0.492 e. The number of halogens is 1. The van der Waals surface area contributed by atoms with E-state index in [1.165, 1.54) is 6.07 Å². The number of amides is 2. The van der Waals surface area contributed by atoms with Gasteiger partial charge in [-0.3, -0.25) is 10.1 Å². The number of hydrogen-bond donors (Lipinski definition) is 3. The normalized spacial score (nSPS) is 11.8. The van der Waals surface area contributed by atoms with Gasteiger partial charge in [0.25, 0.3) is 5.91 Å². The molecule has 0 spiro atoms. The van der Waals surface area contributed by atoms with Crippen LogP contribution in [0, 0.1) is 0 Å². The molecule has 0 bridgehead atoms. The molecule has 0 fully saturated rings. The Hall–Kier alpha value is -3.30. The van der Waals surface area contributed by atoms with Gasteiger partial charge in [0.15, 0.2) is 0 Å². The molecule has 0 aliphatic heterocycles. The van der Waals surface area contributed by atoms with Gasteiger partial charge in [-0.05, 0) is 69.5 Å². The summed E-state index contributed by atoms with van der Waals surface area (Å²) < 4.78 is 10.7. The van der Waals surface area contributed by atoms with Crippen molar-refractivity contribution in [1.82, 2.24) is 5.32 Å². The van der Waals surface area contributed by atoms with Gasteiger partial charge in [-0.15, -0.1) is 0 Å². The monoisotopic (exact) mass is 506 g/mol. The molecule has 0 saturated heterocycles. The van der Waals surface area contributed by atoms with E-state index < -0.39 is 29.6 Å². The van der Waals surface area contributed by atoms with Crippen molar-refractivity contribution in [2.75, 3.05) is 11.9 Å². The van der Waals surface area contributed by atoms with Crippen LogP contribution in [0.15, 0.2) is 42.5 Å². The molecule has 0 aromatic heterocycles. The molecule has 0 aliphatic carbocycles. The van der Waals surface area contributed by atoms with Gasteiger partial charge in [-0.1, -0.05) is 30.7 Å². The highest BCUT2D eigenvalue weighted by Gasteiger charge is 2.20. The fourth-order valence-corrected chi connectivity index (χ4v) is 3.32. The van der Waals surface area contributed by atoms with Crippen LogP contribution >= 0.6 is 11.6 Å². The summed E-state index contributed by atoms with van der Waals surface area (Å²) in [5, 5.41) is 14.4. The summed E-state index contributed by atoms with van der Waals surface area (Å²) in [6.45, 7) is 7.78. The van der Waals surface area contributed by atoms with Crippen molar-refractivity contribution in [3.63, 3.8) is 0 Å². The van der Waals surface area contributed by atoms with Crippen molar-refractivity contribution < 1.29 is 34.0 Å². The second-order valence-corrected chi connectivity index (χ2v) is 9.27. The molecule has 0 saturated carbocycles. The van der Waals surface area contributed by atoms with Crippen LogP contribution in [-0.2, 0) is 20.8 Å². The molecular formula is C25H31ClN2O7. The molecule has 0 radical (unpaired) electrons. The Morgan fingerprint density at radius 3 is 2.34 bits per heavy atom. The summed E-state index contributed by atoms with van der Waals surface area (Å²) in [4.78, 5) is 40.2. The van der Waals surface area contributed by atoms with E-state index in [1.54, 1.807) is 57.2 Å². The lowest BCUT2D eigenvalue weighted by molar-refractivity contribution is -0.234. The average molecular weight is 507 g/mol. The highest BCUT2D eigenvalue weighted by molar-refractivity contribution is 6.32. The lowest BCUT2D eigenvalue weighted by atomic mass is 10.0. The van der Waals surface area contributed by atoms with Crippen molar-refractivity contribution in [1.29, 1.82) is 0 Å². The lowest BCUT2D eigenvalue weighted by Crippen LogP contribution is -2.38. The van der Waals surface area contributed by atoms with Gasteiger partial charge in [0.1, 0.15) is 11.4 Å². The first-order valence-corrected chi connectivity index (χ1v) is 11.5. The maximum atomic E-state index is 12.8. The highest BCUT2D eigenvalue weighted by atomic mass is 35.5. The second kappa shape index (κ2) is 13.0. The average Bonchev–Trinajstić information content (AvgIpc) is 2.78. The van der Waals surface area contributed by atoms with Crippen LogP contribution in [0.25, 0.3) is 0 Å². The van der Waals surface area contributed by atoms with Gasteiger partial charge in [0.05, 0.1) is 18.1 Å². The Morgan fingerprint density at radius 2 is 1.77 bits per heavy atom. The molecule has 10 heteroatoms. The Labute approximate surface area is 209 Å². The number of hydrogen-bond acceptors (Lipinski definition) is 7. The molecule has 2 aromatic carbocycles. The number of carbonyl (C=O) groups excluding carboxylic acids is 3. The second-order valence-electron chi connectivity index (χ2n) is 8.86. The Morgan fingerprint density at radius 1 is 1.09 bits per heavy atom. The number of carbonyl (C=O) groups is 3. The zero-order valence-electron chi connectivity index (χ0n) is 20.2. The molecular weight excluding hydrogens is 476 g/mol. The lowest BCUT2D eigenvalue weighted by Gasteiger charge is -2.20. The van der Waals surface area contributed by atoms with Gasteiger partial charge in [0.2, 0.25) is 0 Å². The molecule has 0 aliphatic rings. The van der Waals surface area contributed by atoms with Gasteiger partial charge in [-0.2, -0.15) is 5.26 Å². The van der Waals surface area contributed by atoms with Crippen LogP contribution < -0.4 is 15.4 Å². The van der Waals surface area contributed by atoms with Crippen LogP contribution in [0.4, 0.5) is 10.5 Å². The molecule has 35 heavy (non-hydrogen) atoms. The molecule has 2 amide bonds. The molecule has 3 N–H and O–H groups in total. The van der Waals surface area contributed by atoms with Crippen molar-refractivity contribution in [2.24, 2.45) is 0 Å². The topological polar surface area (TPSA) is 123 Å². The number of rotatable bonds is 10. The van der Waals surface area contributed by atoms with Gasteiger partial charge in [-0.25, -0.2) is 9.59 Å². The fourth-order valence-electron chi connectivity index (χ4n) is 3.08. The minimum absolute atomic E-state index is 0.258. The molecule has 1 atom stereocenters. The number of benzene rings is 2. The standard InChI is InChI=1S/C25H31ClN2O7/c1-5-12-33-21-11-8-17(14-20(21)26)23(30)27-19(15-22(29)35-32)13-16-6-9-18(10-7-16)28-24(31)34-25(2,3)4/h6-11,14,19,32H,5,12-13,15H2,1-4H3,(H,27,30)(H,28,31)/t19-/m0/s1. The number of ether oxygens (including phenoxy) is 2. The summed E-state index contributed by atoms with van der Waals surface area (Å²) >= 11 is 6.22. The SMILES string of the molecule is CCCOc1ccc(C(=O)N[C@H](CC(=O)OO)Cc2ccc(NC(=O)OC(C)(C)C)cc2)cc1Cl. The first kappa shape index (κ1) is 27.9. The van der Waals surface area contributed by atoms with Gasteiger partial charge in [0, 0.05) is 17.3 Å². The quantitative estimate of drug-likeness (QED) is 0.298. The summed E-state index contributed by atoms with van der Waals surface area (Å²) in [5.41, 5.74) is 0.970. The predicted octanol–water partition coefficient (Wildman–Crippen LogP) is 5.22. The van der Waals surface area contributed by atoms with Crippen LogP contribution in [0.2, 0.25) is 5.02 Å². The third-order valence-electron chi connectivity index (χ3n) is 4.59. The zero-order valence-corrected chi connectivity index (χ0v) is 21.0. The van der Waals surface area contributed by atoms with Crippen molar-refractivity contribution in [2.45, 2.75) is 58.6 Å².